The number of rotatable bonds is 10. The van der Waals surface area contributed by atoms with E-state index < -0.39 is 0 Å². The van der Waals surface area contributed by atoms with E-state index in [0.717, 1.165) is 54.0 Å². The molecule has 1 aromatic heterocycles. The lowest BCUT2D eigenvalue weighted by molar-refractivity contribution is -0.200. The number of ether oxygens (including phenoxy) is 2. The van der Waals surface area contributed by atoms with Gasteiger partial charge in [-0.3, -0.25) is 9.59 Å². The SMILES string of the molecule is CCOCC(=O)Nc1cccc(-c2ccc([C@@]3(CC(=O)NOC4CCCCO4)CCCCS3)s2)c1. The second-order valence-corrected chi connectivity index (χ2v) is 11.4. The molecule has 2 aromatic rings. The van der Waals surface area contributed by atoms with Crippen molar-refractivity contribution >= 4 is 40.6 Å². The average Bonchev–Trinajstić information content (AvgIpc) is 3.39. The zero-order valence-electron chi connectivity index (χ0n) is 20.2. The molecule has 2 amide bonds. The first-order valence-electron chi connectivity index (χ1n) is 12.4. The van der Waals surface area contributed by atoms with Crippen LogP contribution in [0.15, 0.2) is 36.4 Å². The highest BCUT2D eigenvalue weighted by molar-refractivity contribution is 8.00. The minimum atomic E-state index is -0.350. The molecule has 2 saturated heterocycles. The molecule has 0 aliphatic carbocycles. The Morgan fingerprint density at radius 2 is 2.06 bits per heavy atom. The van der Waals surface area contributed by atoms with Gasteiger partial charge in [-0.25, -0.2) is 10.3 Å². The van der Waals surface area contributed by atoms with Gasteiger partial charge in [0.25, 0.3) is 0 Å². The van der Waals surface area contributed by atoms with Gasteiger partial charge in [0.1, 0.15) is 6.61 Å². The number of hydroxylamine groups is 1. The van der Waals surface area contributed by atoms with Crippen molar-refractivity contribution in [2.45, 2.75) is 62.9 Å². The number of nitrogens with one attached hydrogen (secondary N) is 2. The van der Waals surface area contributed by atoms with Crippen LogP contribution in [0.2, 0.25) is 0 Å². The number of thioether (sulfide) groups is 1. The quantitative estimate of drug-likeness (QED) is 0.406. The largest absolute Gasteiger partial charge is 0.372 e. The summed E-state index contributed by atoms with van der Waals surface area (Å²) in [5, 5.41) is 2.89. The average molecular weight is 519 g/mol. The second-order valence-electron chi connectivity index (χ2n) is 8.85. The number of hydrogen-bond donors (Lipinski definition) is 2. The summed E-state index contributed by atoms with van der Waals surface area (Å²) in [5.74, 6) is 0.761. The number of carbonyl (C=O) groups is 2. The van der Waals surface area contributed by atoms with Crippen molar-refractivity contribution < 1.29 is 23.9 Å². The van der Waals surface area contributed by atoms with Gasteiger partial charge in [0.05, 0.1) is 4.75 Å². The van der Waals surface area contributed by atoms with Crippen molar-refractivity contribution in [1.82, 2.24) is 5.48 Å². The molecular formula is C26H34N2O5S2. The Kier molecular flexibility index (Phi) is 9.62. The van der Waals surface area contributed by atoms with Crippen molar-refractivity contribution in [1.29, 1.82) is 0 Å². The van der Waals surface area contributed by atoms with E-state index in [1.54, 1.807) is 11.3 Å². The number of benzene rings is 1. The van der Waals surface area contributed by atoms with Gasteiger partial charge in [-0.2, -0.15) is 0 Å². The monoisotopic (exact) mass is 518 g/mol. The first-order chi connectivity index (χ1) is 17.1. The van der Waals surface area contributed by atoms with Gasteiger partial charge in [-0.1, -0.05) is 18.6 Å². The molecule has 7 nitrogen and oxygen atoms in total. The predicted molar refractivity (Wildman–Crippen MR) is 140 cm³/mol. The molecule has 4 rings (SSSR count). The van der Waals surface area contributed by atoms with Gasteiger partial charge >= 0.3 is 0 Å². The molecule has 0 bridgehead atoms. The third-order valence-electron chi connectivity index (χ3n) is 6.16. The normalized spacial score (nSPS) is 22.5. The van der Waals surface area contributed by atoms with E-state index >= 15 is 0 Å². The highest BCUT2D eigenvalue weighted by Crippen LogP contribution is 2.51. The van der Waals surface area contributed by atoms with Crippen LogP contribution in [-0.4, -0.2) is 43.7 Å². The van der Waals surface area contributed by atoms with Gasteiger partial charge in [0.15, 0.2) is 6.29 Å². The highest BCUT2D eigenvalue weighted by atomic mass is 32.2. The molecule has 2 aliphatic heterocycles. The molecule has 2 atom stereocenters. The summed E-state index contributed by atoms with van der Waals surface area (Å²) in [6.45, 7) is 3.09. The van der Waals surface area contributed by atoms with Crippen LogP contribution in [0.3, 0.4) is 0 Å². The summed E-state index contributed by atoms with van der Waals surface area (Å²) in [7, 11) is 0. The topological polar surface area (TPSA) is 85.9 Å². The summed E-state index contributed by atoms with van der Waals surface area (Å²) in [6.07, 6.45) is 6.14. The Balaban J connectivity index is 1.44. The molecule has 3 heterocycles. The van der Waals surface area contributed by atoms with E-state index in [2.05, 4.69) is 22.9 Å². The zero-order chi connectivity index (χ0) is 24.5. The van der Waals surface area contributed by atoms with Crippen molar-refractivity contribution in [2.75, 3.05) is 30.9 Å². The van der Waals surface area contributed by atoms with Gasteiger partial charge in [0, 0.05) is 41.5 Å². The molecule has 190 valence electrons. The molecule has 0 radical (unpaired) electrons. The fourth-order valence-corrected chi connectivity index (χ4v) is 7.27. The lowest BCUT2D eigenvalue weighted by Gasteiger charge is -2.35. The minimum Gasteiger partial charge on any atom is -0.372 e. The van der Waals surface area contributed by atoms with Crippen LogP contribution < -0.4 is 10.8 Å². The maximum Gasteiger partial charge on any atom is 0.250 e. The number of anilines is 1. The van der Waals surface area contributed by atoms with Crippen LogP contribution in [-0.2, 0) is 28.6 Å². The molecular weight excluding hydrogens is 484 g/mol. The summed E-state index contributed by atoms with van der Waals surface area (Å²) in [4.78, 5) is 32.8. The zero-order valence-corrected chi connectivity index (χ0v) is 21.8. The van der Waals surface area contributed by atoms with E-state index in [1.165, 1.54) is 11.3 Å². The number of thiophene rings is 1. The Morgan fingerprint density at radius 3 is 2.83 bits per heavy atom. The van der Waals surface area contributed by atoms with E-state index in [4.69, 9.17) is 14.3 Å². The molecule has 1 unspecified atom stereocenters. The van der Waals surface area contributed by atoms with Gasteiger partial charge in [-0.15, -0.1) is 23.1 Å². The third-order valence-corrected chi connectivity index (χ3v) is 9.25. The number of carbonyl (C=O) groups excluding carboxylic acids is 2. The molecule has 1 aromatic carbocycles. The smallest absolute Gasteiger partial charge is 0.250 e. The van der Waals surface area contributed by atoms with Crippen LogP contribution in [0, 0.1) is 0 Å². The van der Waals surface area contributed by atoms with Crippen LogP contribution in [0.1, 0.15) is 56.7 Å². The Hall–Kier alpha value is -1.91. The molecule has 0 spiro atoms. The number of hydrogen-bond acceptors (Lipinski definition) is 7. The molecule has 2 N–H and O–H groups in total. The number of amides is 2. The molecule has 0 saturated carbocycles. The molecule has 9 heteroatoms. The van der Waals surface area contributed by atoms with E-state index in [9.17, 15) is 9.59 Å². The van der Waals surface area contributed by atoms with E-state index in [1.807, 2.05) is 43.0 Å². The van der Waals surface area contributed by atoms with Crippen LogP contribution in [0.5, 0.6) is 0 Å². The summed E-state index contributed by atoms with van der Waals surface area (Å²) < 4.78 is 10.5. The van der Waals surface area contributed by atoms with Crippen molar-refractivity contribution in [3.05, 3.63) is 41.3 Å². The van der Waals surface area contributed by atoms with Crippen LogP contribution >= 0.6 is 23.1 Å². The summed E-state index contributed by atoms with van der Waals surface area (Å²) in [6, 6.07) is 12.1. The van der Waals surface area contributed by atoms with Crippen molar-refractivity contribution in [2.24, 2.45) is 0 Å². The maximum atomic E-state index is 12.9. The van der Waals surface area contributed by atoms with Gasteiger partial charge < -0.3 is 14.8 Å². The summed E-state index contributed by atoms with van der Waals surface area (Å²) in [5.41, 5.74) is 4.43. The van der Waals surface area contributed by atoms with Gasteiger partial charge in [-0.05, 0) is 68.2 Å². The Bertz CT molecular complexity index is 984. The predicted octanol–water partition coefficient (Wildman–Crippen LogP) is 5.47. The van der Waals surface area contributed by atoms with Crippen molar-refractivity contribution in [3.8, 4) is 10.4 Å². The highest BCUT2D eigenvalue weighted by Gasteiger charge is 2.38. The first-order valence-corrected chi connectivity index (χ1v) is 14.2. The molecule has 2 fully saturated rings. The second kappa shape index (κ2) is 12.9. The van der Waals surface area contributed by atoms with Crippen LogP contribution in [0.25, 0.3) is 10.4 Å². The van der Waals surface area contributed by atoms with Gasteiger partial charge in [0.2, 0.25) is 11.8 Å². The third kappa shape index (κ3) is 7.30. The maximum absolute atomic E-state index is 12.9. The lowest BCUT2D eigenvalue weighted by atomic mass is 9.94. The fraction of sp³-hybridized carbons (Fsp3) is 0.538. The summed E-state index contributed by atoms with van der Waals surface area (Å²) >= 11 is 3.59. The lowest BCUT2D eigenvalue weighted by Crippen LogP contribution is -2.37. The Labute approximate surface area is 215 Å². The molecule has 2 aliphatic rings. The standard InChI is InChI=1S/C26H34N2O5S2/c1-2-31-18-24(30)27-20-9-7-8-19(16-20)21-11-12-22(35-21)26(13-4-6-15-34-26)17-23(29)28-33-25-10-3-5-14-32-25/h7-9,11-12,16,25H,2-6,10,13-15,17-18H2,1H3,(H,27,30)(H,28,29)/t25?,26-/m0/s1. The first kappa shape index (κ1) is 26.2. The Morgan fingerprint density at radius 1 is 1.14 bits per heavy atom. The molecule has 35 heavy (non-hydrogen) atoms. The minimum absolute atomic E-state index is 0.0439. The van der Waals surface area contributed by atoms with Crippen molar-refractivity contribution in [3.63, 3.8) is 0 Å². The van der Waals surface area contributed by atoms with Crippen LogP contribution in [0.4, 0.5) is 5.69 Å². The van der Waals surface area contributed by atoms with E-state index in [-0.39, 0.29) is 29.5 Å². The fourth-order valence-electron chi connectivity index (χ4n) is 4.38. The van der Waals surface area contributed by atoms with E-state index in [0.29, 0.717) is 19.6 Å².